The van der Waals surface area contributed by atoms with Crippen LogP contribution in [0.15, 0.2) is 71.8 Å². The molecule has 0 saturated heterocycles. The number of carbonyl (C=O) groups excluding carboxylic acids is 3. The lowest BCUT2D eigenvalue weighted by Crippen LogP contribution is -2.32. The molecular formula is C24H20Cl2N4O4. The number of halogens is 2. The first kappa shape index (κ1) is 24.8. The van der Waals surface area contributed by atoms with E-state index in [0.29, 0.717) is 27.7 Å². The lowest BCUT2D eigenvalue weighted by molar-refractivity contribution is -0.136. The Morgan fingerprint density at radius 1 is 0.882 bits per heavy atom. The van der Waals surface area contributed by atoms with Gasteiger partial charge in [0.25, 0.3) is 5.91 Å². The van der Waals surface area contributed by atoms with Crippen LogP contribution in [0.25, 0.3) is 0 Å². The van der Waals surface area contributed by atoms with Crippen molar-refractivity contribution >= 4 is 58.5 Å². The van der Waals surface area contributed by atoms with Gasteiger partial charge in [-0.2, -0.15) is 5.10 Å². The molecule has 3 rings (SSSR count). The van der Waals surface area contributed by atoms with Crippen LogP contribution in [0.2, 0.25) is 10.0 Å². The van der Waals surface area contributed by atoms with E-state index in [-0.39, 0.29) is 17.5 Å². The minimum Gasteiger partial charge on any atom is -0.482 e. The molecule has 34 heavy (non-hydrogen) atoms. The van der Waals surface area contributed by atoms with Crippen molar-refractivity contribution in [1.82, 2.24) is 5.43 Å². The molecule has 0 aromatic heterocycles. The fraction of sp³-hybridized carbons (Fsp3) is 0.0833. The third-order valence-electron chi connectivity index (χ3n) is 4.39. The number of hydrogen-bond donors (Lipinski definition) is 3. The molecule has 3 aromatic carbocycles. The van der Waals surface area contributed by atoms with E-state index in [1.54, 1.807) is 42.5 Å². The van der Waals surface area contributed by atoms with Gasteiger partial charge in [-0.1, -0.05) is 47.5 Å². The van der Waals surface area contributed by atoms with Crippen LogP contribution < -0.4 is 20.8 Å². The summed E-state index contributed by atoms with van der Waals surface area (Å²) in [7, 11) is 0. The average molecular weight is 499 g/mol. The summed E-state index contributed by atoms with van der Waals surface area (Å²) in [4.78, 5) is 35.9. The van der Waals surface area contributed by atoms with Crippen LogP contribution in [0.5, 0.6) is 5.75 Å². The van der Waals surface area contributed by atoms with E-state index >= 15 is 0 Å². The Kier molecular flexibility index (Phi) is 8.61. The van der Waals surface area contributed by atoms with Gasteiger partial charge in [0.2, 0.25) is 0 Å². The van der Waals surface area contributed by atoms with Crippen LogP contribution in [-0.4, -0.2) is 30.5 Å². The van der Waals surface area contributed by atoms with E-state index in [1.165, 1.54) is 12.3 Å². The van der Waals surface area contributed by atoms with Gasteiger partial charge in [0.15, 0.2) is 6.61 Å². The summed E-state index contributed by atoms with van der Waals surface area (Å²) in [6.07, 6.45) is 1.31. The van der Waals surface area contributed by atoms with Gasteiger partial charge in [-0.3, -0.25) is 14.4 Å². The first-order valence-corrected chi connectivity index (χ1v) is 10.7. The molecule has 0 aliphatic heterocycles. The van der Waals surface area contributed by atoms with Crippen molar-refractivity contribution in [1.29, 1.82) is 0 Å². The largest absolute Gasteiger partial charge is 0.482 e. The molecule has 3 N–H and O–H groups in total. The number of nitrogens with one attached hydrogen (secondary N) is 3. The van der Waals surface area contributed by atoms with Crippen molar-refractivity contribution in [3.8, 4) is 5.75 Å². The van der Waals surface area contributed by atoms with Crippen molar-refractivity contribution in [2.75, 3.05) is 17.2 Å². The number of aryl methyl sites for hydroxylation is 1. The Hall–Kier alpha value is -3.88. The Morgan fingerprint density at radius 2 is 1.65 bits per heavy atom. The number of hydrazone groups is 1. The molecule has 0 spiro atoms. The predicted octanol–water partition coefficient (Wildman–Crippen LogP) is 4.41. The highest BCUT2D eigenvalue weighted by atomic mass is 35.5. The minimum absolute atomic E-state index is 0.223. The Morgan fingerprint density at radius 3 is 2.35 bits per heavy atom. The number of amides is 3. The molecule has 0 fully saturated rings. The van der Waals surface area contributed by atoms with E-state index < -0.39 is 11.8 Å². The second kappa shape index (κ2) is 11.8. The zero-order valence-corrected chi connectivity index (χ0v) is 19.5. The third kappa shape index (κ3) is 7.33. The van der Waals surface area contributed by atoms with Crippen LogP contribution in [0.3, 0.4) is 0 Å². The summed E-state index contributed by atoms with van der Waals surface area (Å²) in [6.45, 7) is 1.60. The highest BCUT2D eigenvalue weighted by Gasteiger charge is 2.13. The van der Waals surface area contributed by atoms with Gasteiger partial charge in [0.05, 0.1) is 11.2 Å². The minimum atomic E-state index is -0.955. The zero-order chi connectivity index (χ0) is 24.5. The van der Waals surface area contributed by atoms with Gasteiger partial charge in [-0.25, -0.2) is 5.43 Å². The standard InChI is InChI=1S/C24H20Cl2N4O4/c1-15-7-9-18(12-19(15)25)29-23(32)24(33)30-27-13-16-8-10-21(20(26)11-16)34-14-22(31)28-17-5-3-2-4-6-17/h2-13H,14H2,1H3,(H,28,31)(H,29,32)(H,30,33)/b27-13-. The van der Waals surface area contributed by atoms with Crippen LogP contribution >= 0.6 is 23.2 Å². The second-order valence-corrected chi connectivity index (χ2v) is 7.82. The highest BCUT2D eigenvalue weighted by molar-refractivity contribution is 6.40. The number of anilines is 2. The average Bonchev–Trinajstić information content (AvgIpc) is 2.81. The Balaban J connectivity index is 1.48. The monoisotopic (exact) mass is 498 g/mol. The van der Waals surface area contributed by atoms with Crippen molar-refractivity contribution < 1.29 is 19.1 Å². The van der Waals surface area contributed by atoms with Crippen molar-refractivity contribution in [2.45, 2.75) is 6.92 Å². The van der Waals surface area contributed by atoms with Crippen LogP contribution in [0.4, 0.5) is 11.4 Å². The number of carbonyl (C=O) groups is 3. The number of nitrogens with zero attached hydrogens (tertiary/aromatic N) is 1. The maximum Gasteiger partial charge on any atom is 0.329 e. The topological polar surface area (TPSA) is 109 Å². The molecular weight excluding hydrogens is 479 g/mol. The van der Waals surface area contributed by atoms with Crippen molar-refractivity contribution in [3.05, 3.63) is 87.9 Å². The fourth-order valence-electron chi connectivity index (χ4n) is 2.65. The number of rotatable bonds is 7. The molecule has 174 valence electrons. The first-order chi connectivity index (χ1) is 16.3. The van der Waals surface area contributed by atoms with E-state index in [1.807, 2.05) is 25.1 Å². The first-order valence-electron chi connectivity index (χ1n) is 9.99. The molecule has 3 aromatic rings. The lowest BCUT2D eigenvalue weighted by Gasteiger charge is -2.09. The van der Waals surface area contributed by atoms with Gasteiger partial charge in [0.1, 0.15) is 5.75 Å². The summed E-state index contributed by atoms with van der Waals surface area (Å²) in [5.41, 5.74) is 4.57. The van der Waals surface area contributed by atoms with Crippen LogP contribution in [0.1, 0.15) is 11.1 Å². The molecule has 0 radical (unpaired) electrons. The smallest absolute Gasteiger partial charge is 0.329 e. The van der Waals surface area contributed by atoms with Crippen molar-refractivity contribution in [3.63, 3.8) is 0 Å². The molecule has 10 heteroatoms. The molecule has 0 saturated carbocycles. The summed E-state index contributed by atoms with van der Waals surface area (Å²) in [5, 5.41) is 9.61. The number of benzene rings is 3. The normalized spacial score (nSPS) is 10.6. The molecule has 0 bridgehead atoms. The van der Waals surface area contributed by atoms with E-state index in [0.717, 1.165) is 5.56 Å². The summed E-state index contributed by atoms with van der Waals surface area (Å²) in [5.74, 6) is -1.87. The van der Waals surface area contributed by atoms with Gasteiger partial charge in [0, 0.05) is 16.4 Å². The summed E-state index contributed by atoms with van der Waals surface area (Å²) < 4.78 is 5.45. The lowest BCUT2D eigenvalue weighted by atomic mass is 10.2. The number of hydrogen-bond acceptors (Lipinski definition) is 5. The van der Waals surface area contributed by atoms with Gasteiger partial charge < -0.3 is 15.4 Å². The van der Waals surface area contributed by atoms with Gasteiger partial charge in [-0.05, 0) is 60.5 Å². The molecule has 8 nitrogen and oxygen atoms in total. The molecule has 0 heterocycles. The summed E-state index contributed by atoms with van der Waals surface area (Å²) in [6, 6.07) is 18.6. The van der Waals surface area contributed by atoms with Crippen LogP contribution in [0, 0.1) is 6.92 Å². The predicted molar refractivity (Wildman–Crippen MR) is 133 cm³/mol. The summed E-state index contributed by atoms with van der Waals surface area (Å²) >= 11 is 12.2. The SMILES string of the molecule is Cc1ccc(NC(=O)C(=O)N/N=C\c2ccc(OCC(=O)Nc3ccccc3)c(Cl)c2)cc1Cl. The quantitative estimate of drug-likeness (QED) is 0.254. The van der Waals surface area contributed by atoms with E-state index in [4.69, 9.17) is 27.9 Å². The third-order valence-corrected chi connectivity index (χ3v) is 5.09. The van der Waals surface area contributed by atoms with Gasteiger partial charge in [-0.15, -0.1) is 0 Å². The Labute approximate surface area is 205 Å². The number of para-hydroxylation sites is 1. The highest BCUT2D eigenvalue weighted by Crippen LogP contribution is 2.25. The molecule has 0 unspecified atom stereocenters. The van der Waals surface area contributed by atoms with Crippen LogP contribution in [-0.2, 0) is 14.4 Å². The maximum absolute atomic E-state index is 12.0. The van der Waals surface area contributed by atoms with E-state index in [9.17, 15) is 14.4 Å². The molecule has 0 aliphatic rings. The van der Waals surface area contributed by atoms with E-state index in [2.05, 4.69) is 21.2 Å². The molecule has 0 aliphatic carbocycles. The molecule has 0 atom stereocenters. The maximum atomic E-state index is 12.0. The van der Waals surface area contributed by atoms with Gasteiger partial charge >= 0.3 is 11.8 Å². The number of ether oxygens (including phenoxy) is 1. The Bertz CT molecular complexity index is 1230. The second-order valence-electron chi connectivity index (χ2n) is 7.01. The molecule has 3 amide bonds. The fourth-order valence-corrected chi connectivity index (χ4v) is 3.08. The van der Waals surface area contributed by atoms with Crippen molar-refractivity contribution in [2.24, 2.45) is 5.10 Å². The zero-order valence-electron chi connectivity index (χ0n) is 18.0.